The van der Waals surface area contributed by atoms with Gasteiger partial charge in [-0.2, -0.15) is 0 Å². The molecule has 2 fully saturated rings. The van der Waals surface area contributed by atoms with Crippen molar-refractivity contribution >= 4 is 29.3 Å². The molecule has 2 heterocycles. The number of benzene rings is 2. The lowest BCUT2D eigenvalue weighted by atomic mass is 10.1. The Bertz CT molecular complexity index is 1210. The van der Waals surface area contributed by atoms with E-state index in [4.69, 9.17) is 4.74 Å². The maximum Gasteiger partial charge on any atom is 0.410 e. The maximum absolute atomic E-state index is 13.5. The molecule has 3 amide bonds. The van der Waals surface area contributed by atoms with E-state index in [9.17, 15) is 18.8 Å². The largest absolute Gasteiger partial charge is 0.444 e. The summed E-state index contributed by atoms with van der Waals surface area (Å²) in [7, 11) is 0. The van der Waals surface area contributed by atoms with Gasteiger partial charge in [-0.15, -0.1) is 0 Å². The summed E-state index contributed by atoms with van der Waals surface area (Å²) >= 11 is 0. The molecule has 0 bridgehead atoms. The summed E-state index contributed by atoms with van der Waals surface area (Å²) in [6.07, 6.45) is -0.382. The van der Waals surface area contributed by atoms with E-state index < -0.39 is 11.4 Å². The second-order valence-corrected chi connectivity index (χ2v) is 11.6. The molecule has 0 aromatic heterocycles. The molecule has 10 heteroatoms. The number of ether oxygens (including phenoxy) is 1. The molecule has 9 nitrogen and oxygen atoms in total. The quantitative estimate of drug-likeness (QED) is 0.594. The normalized spacial score (nSPS) is 16.7. The Morgan fingerprint density at radius 3 is 1.98 bits per heavy atom. The first kappa shape index (κ1) is 29.3. The summed E-state index contributed by atoms with van der Waals surface area (Å²) in [6.45, 7) is 14.7. The number of anilines is 2. The van der Waals surface area contributed by atoms with E-state index in [0.29, 0.717) is 49.0 Å². The van der Waals surface area contributed by atoms with E-state index in [-0.39, 0.29) is 17.9 Å². The van der Waals surface area contributed by atoms with Crippen molar-refractivity contribution in [2.24, 2.45) is 0 Å². The molecule has 0 saturated carbocycles. The number of nitrogens with zero attached hydrogens (tertiary/aromatic N) is 4. The van der Waals surface area contributed by atoms with Crippen LogP contribution in [-0.2, 0) is 4.74 Å². The molecule has 2 aromatic rings. The highest BCUT2D eigenvalue weighted by Crippen LogP contribution is 2.30. The lowest BCUT2D eigenvalue weighted by Crippen LogP contribution is -2.51. The number of nitrogens with one attached hydrogen (secondary N) is 1. The number of carbonyl (C=O) groups excluding carboxylic acids is 3. The van der Waals surface area contributed by atoms with Crippen LogP contribution < -0.4 is 10.2 Å². The third kappa shape index (κ3) is 7.29. The number of carbonyl (C=O) groups is 3. The van der Waals surface area contributed by atoms with Gasteiger partial charge in [0.05, 0.1) is 11.4 Å². The van der Waals surface area contributed by atoms with Crippen LogP contribution in [0.25, 0.3) is 0 Å². The second-order valence-electron chi connectivity index (χ2n) is 11.6. The van der Waals surface area contributed by atoms with Gasteiger partial charge < -0.3 is 24.8 Å². The monoisotopic (exact) mass is 553 g/mol. The Balaban J connectivity index is 1.51. The van der Waals surface area contributed by atoms with Gasteiger partial charge in [0.25, 0.3) is 11.8 Å². The van der Waals surface area contributed by atoms with E-state index >= 15 is 0 Å². The Hall–Kier alpha value is -3.66. The van der Waals surface area contributed by atoms with Crippen molar-refractivity contribution in [2.75, 3.05) is 62.6 Å². The minimum Gasteiger partial charge on any atom is -0.444 e. The van der Waals surface area contributed by atoms with E-state index in [2.05, 4.69) is 29.0 Å². The number of hydrogen-bond donors (Lipinski definition) is 1. The zero-order valence-corrected chi connectivity index (χ0v) is 24.1. The minimum absolute atomic E-state index is 0.169. The number of halogens is 1. The van der Waals surface area contributed by atoms with Crippen molar-refractivity contribution in [2.45, 2.75) is 46.3 Å². The van der Waals surface area contributed by atoms with Crippen molar-refractivity contribution < 1.29 is 23.5 Å². The van der Waals surface area contributed by atoms with Crippen molar-refractivity contribution in [3.8, 4) is 0 Å². The summed E-state index contributed by atoms with van der Waals surface area (Å²) in [5.41, 5.74) is 1.56. The van der Waals surface area contributed by atoms with Crippen molar-refractivity contribution in [3.63, 3.8) is 0 Å². The van der Waals surface area contributed by atoms with Gasteiger partial charge >= 0.3 is 6.09 Å². The van der Waals surface area contributed by atoms with Crippen LogP contribution in [0.5, 0.6) is 0 Å². The average Bonchev–Trinajstić information content (AvgIpc) is 2.92. The highest BCUT2D eigenvalue weighted by atomic mass is 19.1. The van der Waals surface area contributed by atoms with Gasteiger partial charge in [0, 0.05) is 69.5 Å². The van der Waals surface area contributed by atoms with Gasteiger partial charge in [-0.25, -0.2) is 9.18 Å². The highest BCUT2D eigenvalue weighted by molar-refractivity contribution is 6.07. The molecule has 0 aliphatic carbocycles. The van der Waals surface area contributed by atoms with Crippen molar-refractivity contribution in [1.29, 1.82) is 0 Å². The lowest BCUT2D eigenvalue weighted by Gasteiger charge is -2.39. The Morgan fingerprint density at radius 1 is 0.825 bits per heavy atom. The fourth-order valence-electron chi connectivity index (χ4n) is 4.92. The predicted octanol–water partition coefficient (Wildman–Crippen LogP) is 4.30. The molecule has 0 radical (unpaired) electrons. The zero-order valence-electron chi connectivity index (χ0n) is 24.1. The topological polar surface area (TPSA) is 85.4 Å². The molecule has 0 unspecified atom stereocenters. The molecule has 1 N–H and O–H groups in total. The summed E-state index contributed by atoms with van der Waals surface area (Å²) in [5.74, 6) is -0.963. The Morgan fingerprint density at radius 2 is 1.40 bits per heavy atom. The van der Waals surface area contributed by atoms with Crippen molar-refractivity contribution in [1.82, 2.24) is 14.7 Å². The van der Waals surface area contributed by atoms with E-state index in [1.807, 2.05) is 26.8 Å². The first-order valence-corrected chi connectivity index (χ1v) is 13.9. The third-order valence-electron chi connectivity index (χ3n) is 7.20. The standard InChI is InChI=1S/C30H40FN5O4/c1-21(2)33-12-14-34(15-13-33)26-11-8-23(20-25(26)32-27(37)22-6-9-24(31)10-7-22)28(38)35-16-18-36(19-17-35)29(39)40-30(3,4)5/h6-11,20-21H,12-19H2,1-5H3,(H,32,37). The highest BCUT2D eigenvalue weighted by Gasteiger charge is 2.29. The van der Waals surface area contributed by atoms with Crippen LogP contribution in [0, 0.1) is 5.82 Å². The maximum atomic E-state index is 13.5. The molecule has 0 atom stereocenters. The minimum atomic E-state index is -0.581. The molecule has 2 saturated heterocycles. The van der Waals surface area contributed by atoms with Crippen LogP contribution in [0.4, 0.5) is 20.6 Å². The van der Waals surface area contributed by atoms with Crippen LogP contribution in [0.3, 0.4) is 0 Å². The predicted molar refractivity (Wildman–Crippen MR) is 153 cm³/mol. The van der Waals surface area contributed by atoms with Crippen LogP contribution in [-0.4, -0.2) is 96.6 Å². The molecule has 40 heavy (non-hydrogen) atoms. The summed E-state index contributed by atoms with van der Waals surface area (Å²) in [6, 6.07) is 11.2. The molecule has 2 aliphatic heterocycles. The fourth-order valence-corrected chi connectivity index (χ4v) is 4.92. The zero-order chi connectivity index (χ0) is 29.0. The Kier molecular flexibility index (Phi) is 8.98. The van der Waals surface area contributed by atoms with E-state index in [1.165, 1.54) is 24.3 Å². The molecular formula is C30H40FN5O4. The molecule has 2 aromatic carbocycles. The SMILES string of the molecule is CC(C)N1CCN(c2ccc(C(=O)N3CCN(C(=O)OC(C)(C)C)CC3)cc2NC(=O)c2ccc(F)cc2)CC1. The van der Waals surface area contributed by atoms with Crippen LogP contribution in [0.15, 0.2) is 42.5 Å². The van der Waals surface area contributed by atoms with Gasteiger partial charge in [-0.05, 0) is 77.1 Å². The fraction of sp³-hybridized carbons (Fsp3) is 0.500. The molecule has 216 valence electrons. The Labute approximate surface area is 235 Å². The van der Waals surface area contributed by atoms with Gasteiger partial charge in [-0.1, -0.05) is 0 Å². The summed E-state index contributed by atoms with van der Waals surface area (Å²) < 4.78 is 18.9. The molecule has 4 rings (SSSR count). The van der Waals surface area contributed by atoms with Crippen LogP contribution >= 0.6 is 0 Å². The third-order valence-corrected chi connectivity index (χ3v) is 7.20. The number of piperazine rings is 2. The van der Waals surface area contributed by atoms with Gasteiger partial charge in [-0.3, -0.25) is 14.5 Å². The van der Waals surface area contributed by atoms with Gasteiger partial charge in [0.15, 0.2) is 0 Å². The van der Waals surface area contributed by atoms with Gasteiger partial charge in [0.1, 0.15) is 11.4 Å². The van der Waals surface area contributed by atoms with Crippen LogP contribution in [0.2, 0.25) is 0 Å². The summed E-state index contributed by atoms with van der Waals surface area (Å²) in [4.78, 5) is 46.9. The second kappa shape index (κ2) is 12.2. The lowest BCUT2D eigenvalue weighted by molar-refractivity contribution is 0.0141. The summed E-state index contributed by atoms with van der Waals surface area (Å²) in [5, 5.41) is 2.96. The number of amides is 3. The van der Waals surface area contributed by atoms with E-state index in [0.717, 1.165) is 31.9 Å². The van der Waals surface area contributed by atoms with Crippen molar-refractivity contribution in [3.05, 3.63) is 59.4 Å². The number of rotatable bonds is 5. The molecular weight excluding hydrogens is 513 g/mol. The molecule has 0 spiro atoms. The first-order valence-electron chi connectivity index (χ1n) is 13.9. The smallest absolute Gasteiger partial charge is 0.410 e. The average molecular weight is 554 g/mol. The first-order chi connectivity index (χ1) is 18.9. The van der Waals surface area contributed by atoms with Crippen LogP contribution in [0.1, 0.15) is 55.3 Å². The molecule has 2 aliphatic rings. The van der Waals surface area contributed by atoms with E-state index in [1.54, 1.807) is 21.9 Å². The number of hydrogen-bond acceptors (Lipinski definition) is 6. The van der Waals surface area contributed by atoms with Gasteiger partial charge in [0.2, 0.25) is 0 Å².